The second kappa shape index (κ2) is 3.37. The molecule has 0 radical (unpaired) electrons. The van der Waals surface area contributed by atoms with Crippen molar-refractivity contribution in [1.29, 1.82) is 0 Å². The first-order valence-corrected chi connectivity index (χ1v) is 4.85. The summed E-state index contributed by atoms with van der Waals surface area (Å²) in [6.07, 6.45) is 0.848. The second-order valence-electron chi connectivity index (χ2n) is 2.49. The van der Waals surface area contributed by atoms with E-state index in [1.54, 1.807) is 6.92 Å². The Hall–Kier alpha value is -0.0600. The van der Waals surface area contributed by atoms with Crippen LogP contribution in [0.5, 0.6) is 0 Å². The van der Waals surface area contributed by atoms with E-state index in [9.17, 15) is 4.21 Å². The molecule has 0 bridgehead atoms. The molecule has 0 aliphatic carbocycles. The molecule has 0 aromatic carbocycles. The Morgan fingerprint density at radius 1 is 1.80 bits per heavy atom. The molecule has 0 aromatic heterocycles. The highest BCUT2D eigenvalue weighted by molar-refractivity contribution is 7.95. The maximum absolute atomic E-state index is 10.8. The first kappa shape index (κ1) is 9.94. The zero-order valence-electron chi connectivity index (χ0n) is 6.63. The Balaban J connectivity index is 4.66. The van der Waals surface area contributed by atoms with Crippen LogP contribution in [0.25, 0.3) is 0 Å². The molecular formula is C6H15NO2S. The van der Waals surface area contributed by atoms with Crippen LogP contribution in [-0.4, -0.2) is 13.6 Å². The molecule has 62 valence electrons. The Labute approximate surface area is 62.6 Å². The number of rotatable bonds is 2. The number of nitrogens with two attached hydrogens (primary N) is 1. The van der Waals surface area contributed by atoms with Gasteiger partial charge in [0.25, 0.3) is 0 Å². The lowest BCUT2D eigenvalue weighted by Crippen LogP contribution is -2.24. The van der Waals surface area contributed by atoms with E-state index in [2.05, 4.69) is 0 Å². The zero-order valence-corrected chi connectivity index (χ0v) is 7.44. The molecule has 0 fully saturated rings. The monoisotopic (exact) mass is 165 g/mol. The minimum atomic E-state index is -3.15. The molecule has 10 heavy (non-hydrogen) atoms. The van der Waals surface area contributed by atoms with E-state index in [0.29, 0.717) is 4.86 Å². The van der Waals surface area contributed by atoms with Crippen molar-refractivity contribution in [1.82, 2.24) is 0 Å². The molecule has 0 amide bonds. The SMILES string of the molecule is CCC(C)C(C)=S(N)(=O)O. The van der Waals surface area contributed by atoms with Gasteiger partial charge in [0.15, 0.2) is 0 Å². The standard InChI is InChI=1S/C6H15NO2S/c1-4-5(2)6(3)10(7,8)9/h5H,4H2,1-3H3,(H3,7,8,9). The molecular weight excluding hydrogens is 150 g/mol. The van der Waals surface area contributed by atoms with E-state index in [4.69, 9.17) is 9.69 Å². The van der Waals surface area contributed by atoms with Crippen LogP contribution in [0.3, 0.4) is 0 Å². The van der Waals surface area contributed by atoms with Gasteiger partial charge in [-0.25, -0.2) is 9.35 Å². The van der Waals surface area contributed by atoms with Crippen molar-refractivity contribution in [3.63, 3.8) is 0 Å². The molecule has 2 atom stereocenters. The minimum Gasteiger partial charge on any atom is -0.302 e. The van der Waals surface area contributed by atoms with E-state index >= 15 is 0 Å². The van der Waals surface area contributed by atoms with Gasteiger partial charge in [0.1, 0.15) is 9.99 Å². The molecule has 0 rings (SSSR count). The van der Waals surface area contributed by atoms with Gasteiger partial charge in [-0.3, -0.25) is 0 Å². The predicted octanol–water partition coefficient (Wildman–Crippen LogP) is 0.856. The lowest BCUT2D eigenvalue weighted by molar-refractivity contribution is 0.558. The third kappa shape index (κ3) is 2.68. The molecule has 2 unspecified atom stereocenters. The van der Waals surface area contributed by atoms with Crippen LogP contribution < -0.4 is 5.14 Å². The van der Waals surface area contributed by atoms with Crippen molar-refractivity contribution < 1.29 is 8.76 Å². The molecule has 0 aliphatic rings. The van der Waals surface area contributed by atoms with Gasteiger partial charge in [-0.05, 0) is 19.3 Å². The number of hydrogen-bond acceptors (Lipinski definition) is 1. The van der Waals surface area contributed by atoms with Crippen molar-refractivity contribution >= 4 is 14.9 Å². The van der Waals surface area contributed by atoms with E-state index in [1.807, 2.05) is 13.8 Å². The maximum atomic E-state index is 10.8. The Kier molecular flexibility index (Phi) is 3.35. The van der Waals surface area contributed by atoms with Gasteiger partial charge < -0.3 is 4.55 Å². The van der Waals surface area contributed by atoms with E-state index in [1.165, 1.54) is 0 Å². The fourth-order valence-corrected chi connectivity index (χ4v) is 1.32. The zero-order chi connectivity index (χ0) is 8.36. The van der Waals surface area contributed by atoms with Crippen molar-refractivity contribution in [2.45, 2.75) is 27.2 Å². The largest absolute Gasteiger partial charge is 0.302 e. The minimum absolute atomic E-state index is 0.127. The molecule has 4 heteroatoms. The summed E-state index contributed by atoms with van der Waals surface area (Å²) in [5.41, 5.74) is 0. The van der Waals surface area contributed by atoms with E-state index < -0.39 is 9.99 Å². The normalized spacial score (nSPS) is 19.7. The number of hydrogen-bond donors (Lipinski definition) is 2. The topological polar surface area (TPSA) is 63.3 Å². The molecule has 3 N–H and O–H groups in total. The summed E-state index contributed by atoms with van der Waals surface area (Å²) in [6.45, 7) is 5.47. The van der Waals surface area contributed by atoms with Crippen molar-refractivity contribution in [3.8, 4) is 0 Å². The average Bonchev–Trinajstić information content (AvgIpc) is 1.83. The summed E-state index contributed by atoms with van der Waals surface area (Å²) in [4.78, 5) is 0.481. The van der Waals surface area contributed by atoms with Crippen LogP contribution in [0.4, 0.5) is 0 Å². The highest BCUT2D eigenvalue weighted by atomic mass is 32.2. The molecule has 0 aliphatic heterocycles. The summed E-state index contributed by atoms with van der Waals surface area (Å²) in [5, 5.41) is 5.00. The Morgan fingerprint density at radius 3 is 2.30 bits per heavy atom. The van der Waals surface area contributed by atoms with Crippen LogP contribution >= 0.6 is 0 Å². The van der Waals surface area contributed by atoms with Gasteiger partial charge in [-0.2, -0.15) is 0 Å². The van der Waals surface area contributed by atoms with Gasteiger partial charge in [-0.1, -0.05) is 13.8 Å². The van der Waals surface area contributed by atoms with Crippen LogP contribution in [-0.2, 0) is 9.99 Å². The summed E-state index contributed by atoms with van der Waals surface area (Å²) in [6, 6.07) is 0. The van der Waals surface area contributed by atoms with E-state index in [0.717, 1.165) is 6.42 Å². The predicted molar refractivity (Wildman–Crippen MR) is 45.1 cm³/mol. The maximum Gasteiger partial charge on any atom is 0.141 e. The lowest BCUT2D eigenvalue weighted by atomic mass is 10.1. The summed E-state index contributed by atoms with van der Waals surface area (Å²) < 4.78 is 19.6. The Bertz CT molecular complexity index is 208. The van der Waals surface area contributed by atoms with Crippen molar-refractivity contribution in [3.05, 3.63) is 0 Å². The molecule has 0 saturated heterocycles. The van der Waals surface area contributed by atoms with Gasteiger partial charge in [0.05, 0.1) is 0 Å². The molecule has 3 nitrogen and oxygen atoms in total. The quantitative estimate of drug-likeness (QED) is 0.596. The Morgan fingerprint density at radius 2 is 2.20 bits per heavy atom. The summed E-state index contributed by atoms with van der Waals surface area (Å²) in [5.74, 6) is 0.127. The second-order valence-corrected chi connectivity index (χ2v) is 4.27. The third-order valence-corrected chi connectivity index (χ3v) is 3.09. The highest BCUT2D eigenvalue weighted by Crippen LogP contribution is 2.04. The van der Waals surface area contributed by atoms with Gasteiger partial charge >= 0.3 is 0 Å². The third-order valence-electron chi connectivity index (χ3n) is 1.77. The fourth-order valence-electron chi connectivity index (χ4n) is 0.576. The van der Waals surface area contributed by atoms with Crippen molar-refractivity contribution in [2.24, 2.45) is 11.1 Å². The van der Waals surface area contributed by atoms with Crippen LogP contribution in [0.1, 0.15) is 27.2 Å². The molecule has 0 aromatic rings. The summed E-state index contributed by atoms with van der Waals surface area (Å²) in [7, 11) is -3.15. The first-order valence-electron chi connectivity index (χ1n) is 3.27. The van der Waals surface area contributed by atoms with Crippen molar-refractivity contribution in [2.75, 3.05) is 0 Å². The molecule has 0 saturated carbocycles. The smallest absolute Gasteiger partial charge is 0.141 e. The summed E-state index contributed by atoms with van der Waals surface area (Å²) >= 11 is 0. The van der Waals surface area contributed by atoms with Gasteiger partial charge in [-0.15, -0.1) is 0 Å². The van der Waals surface area contributed by atoms with Gasteiger partial charge in [0.2, 0.25) is 0 Å². The average molecular weight is 165 g/mol. The first-order chi connectivity index (χ1) is 4.39. The lowest BCUT2D eigenvalue weighted by Gasteiger charge is -2.09. The van der Waals surface area contributed by atoms with Gasteiger partial charge in [0, 0.05) is 4.86 Å². The van der Waals surface area contributed by atoms with Crippen LogP contribution in [0.15, 0.2) is 0 Å². The highest BCUT2D eigenvalue weighted by Gasteiger charge is 2.08. The molecule has 0 heterocycles. The van der Waals surface area contributed by atoms with E-state index in [-0.39, 0.29) is 5.92 Å². The van der Waals surface area contributed by atoms with Crippen LogP contribution in [0.2, 0.25) is 0 Å². The fraction of sp³-hybridized carbons (Fsp3) is 0.833. The van der Waals surface area contributed by atoms with Crippen LogP contribution in [0, 0.1) is 5.92 Å². The molecule has 0 spiro atoms.